The van der Waals surface area contributed by atoms with Crippen LogP contribution in [0.5, 0.6) is 0 Å². The third kappa shape index (κ3) is 3.11. The van der Waals surface area contributed by atoms with Crippen molar-refractivity contribution in [2.24, 2.45) is 0 Å². The number of benzene rings is 3. The number of rotatable bonds is 4. The first-order valence-corrected chi connectivity index (χ1v) is 9.01. The number of carbonyl (C=O) groups is 2. The van der Waals surface area contributed by atoms with E-state index in [0.717, 1.165) is 22.3 Å². The second-order valence-corrected chi connectivity index (χ2v) is 6.75. The molecule has 1 aliphatic rings. The van der Waals surface area contributed by atoms with Gasteiger partial charge in [-0.15, -0.1) is 0 Å². The Kier molecular flexibility index (Phi) is 4.57. The molecular weight excluding hydrogens is 354 g/mol. The molecule has 4 rings (SSSR count). The minimum absolute atomic E-state index is 0.0357. The maximum absolute atomic E-state index is 12.4. The van der Waals surface area contributed by atoms with Crippen LogP contribution in [0.4, 0.5) is 10.5 Å². The summed E-state index contributed by atoms with van der Waals surface area (Å²) in [6, 6.07) is 21.0. The van der Waals surface area contributed by atoms with E-state index in [-0.39, 0.29) is 23.8 Å². The number of nitrogens with one attached hydrogen (secondary N) is 1. The van der Waals surface area contributed by atoms with E-state index in [9.17, 15) is 14.7 Å². The number of hydrogen-bond donors (Lipinski definition) is 2. The number of carboxylic acids is 1. The van der Waals surface area contributed by atoms with Crippen LogP contribution in [-0.4, -0.2) is 23.8 Å². The predicted octanol–water partition coefficient (Wildman–Crippen LogP) is 5.05. The van der Waals surface area contributed by atoms with Gasteiger partial charge in [0.1, 0.15) is 6.61 Å². The number of amides is 1. The summed E-state index contributed by atoms with van der Waals surface area (Å²) < 4.78 is 5.49. The van der Waals surface area contributed by atoms with Gasteiger partial charge in [-0.3, -0.25) is 5.32 Å². The molecule has 28 heavy (non-hydrogen) atoms. The van der Waals surface area contributed by atoms with Crippen LogP contribution in [-0.2, 0) is 4.74 Å². The molecule has 0 aromatic heterocycles. The van der Waals surface area contributed by atoms with Gasteiger partial charge in [0, 0.05) is 5.92 Å². The van der Waals surface area contributed by atoms with Crippen LogP contribution in [0.25, 0.3) is 11.1 Å². The van der Waals surface area contributed by atoms with E-state index in [1.54, 1.807) is 19.1 Å². The van der Waals surface area contributed by atoms with Gasteiger partial charge < -0.3 is 9.84 Å². The molecule has 1 aliphatic carbocycles. The first-order valence-electron chi connectivity index (χ1n) is 9.01. The van der Waals surface area contributed by atoms with Crippen molar-refractivity contribution in [2.45, 2.75) is 12.8 Å². The fraction of sp³-hybridized carbons (Fsp3) is 0.130. The van der Waals surface area contributed by atoms with E-state index in [1.165, 1.54) is 6.07 Å². The topological polar surface area (TPSA) is 75.6 Å². The highest BCUT2D eigenvalue weighted by Gasteiger charge is 2.29. The van der Waals surface area contributed by atoms with Crippen molar-refractivity contribution >= 4 is 17.7 Å². The third-order valence-electron chi connectivity index (χ3n) is 5.07. The van der Waals surface area contributed by atoms with E-state index in [2.05, 4.69) is 17.4 Å². The lowest BCUT2D eigenvalue weighted by atomic mass is 9.98. The van der Waals surface area contributed by atoms with E-state index in [4.69, 9.17) is 4.74 Å². The molecule has 3 aromatic rings. The molecule has 0 bridgehead atoms. The van der Waals surface area contributed by atoms with Crippen molar-refractivity contribution in [3.8, 4) is 11.1 Å². The average Bonchev–Trinajstić information content (AvgIpc) is 3.02. The van der Waals surface area contributed by atoms with Crippen molar-refractivity contribution in [3.63, 3.8) is 0 Å². The van der Waals surface area contributed by atoms with Gasteiger partial charge in [0.2, 0.25) is 0 Å². The summed E-state index contributed by atoms with van der Waals surface area (Å²) in [4.78, 5) is 23.8. The van der Waals surface area contributed by atoms with Crippen LogP contribution < -0.4 is 5.32 Å². The van der Waals surface area contributed by atoms with E-state index in [0.29, 0.717) is 5.56 Å². The lowest BCUT2D eigenvalue weighted by molar-refractivity contribution is 0.0698. The molecule has 0 saturated heterocycles. The Morgan fingerprint density at radius 2 is 1.54 bits per heavy atom. The normalized spacial score (nSPS) is 12.2. The summed E-state index contributed by atoms with van der Waals surface area (Å²) >= 11 is 0. The number of para-hydroxylation sites is 1. The third-order valence-corrected chi connectivity index (χ3v) is 5.07. The maximum atomic E-state index is 12.4. The Labute approximate surface area is 162 Å². The number of aromatic carboxylic acids is 1. The highest BCUT2D eigenvalue weighted by Crippen LogP contribution is 2.44. The Hall–Kier alpha value is -3.60. The zero-order chi connectivity index (χ0) is 19.7. The summed E-state index contributed by atoms with van der Waals surface area (Å²) in [6.07, 6.45) is -0.668. The predicted molar refractivity (Wildman–Crippen MR) is 107 cm³/mol. The van der Waals surface area contributed by atoms with Crippen LogP contribution >= 0.6 is 0 Å². The number of anilines is 1. The summed E-state index contributed by atoms with van der Waals surface area (Å²) in [6.45, 7) is 1.92. The van der Waals surface area contributed by atoms with Crippen LogP contribution in [0.2, 0.25) is 0 Å². The summed E-state index contributed by atoms with van der Waals surface area (Å²) in [5.74, 6) is -1.15. The van der Waals surface area contributed by atoms with Crippen molar-refractivity contribution < 1.29 is 19.4 Å². The Bertz CT molecular complexity index is 1030. The second-order valence-electron chi connectivity index (χ2n) is 6.75. The summed E-state index contributed by atoms with van der Waals surface area (Å²) in [5, 5.41) is 11.9. The number of fused-ring (bicyclic) bond motifs is 3. The number of aryl methyl sites for hydroxylation is 1. The molecule has 0 radical (unpaired) electrons. The molecule has 140 valence electrons. The maximum Gasteiger partial charge on any atom is 0.411 e. The molecule has 5 heteroatoms. The Morgan fingerprint density at radius 1 is 0.929 bits per heavy atom. The molecular formula is C23H19NO4. The van der Waals surface area contributed by atoms with Gasteiger partial charge in [0.15, 0.2) is 0 Å². The summed E-state index contributed by atoms with van der Waals surface area (Å²) in [5.41, 5.74) is 5.50. The molecule has 5 nitrogen and oxygen atoms in total. The van der Waals surface area contributed by atoms with Crippen molar-refractivity contribution in [1.29, 1.82) is 0 Å². The van der Waals surface area contributed by atoms with Gasteiger partial charge in [0.05, 0.1) is 11.3 Å². The van der Waals surface area contributed by atoms with Crippen LogP contribution in [0.15, 0.2) is 66.7 Å². The zero-order valence-electron chi connectivity index (χ0n) is 15.3. The zero-order valence-corrected chi connectivity index (χ0v) is 15.3. The first-order chi connectivity index (χ1) is 13.6. The standard InChI is InChI=1S/C23H19NO4/c1-14-7-6-12-19(22(25)26)21(14)24-23(27)28-13-20-17-10-4-2-8-15(17)16-9-3-5-11-18(16)20/h2-12,20H,13H2,1H3,(H,24,27)(H,25,26). The molecule has 0 fully saturated rings. The van der Waals surface area contributed by atoms with Crippen LogP contribution in [0.1, 0.15) is 33.0 Å². The molecule has 0 saturated carbocycles. The molecule has 0 aliphatic heterocycles. The van der Waals surface area contributed by atoms with E-state index in [1.807, 2.05) is 36.4 Å². The van der Waals surface area contributed by atoms with Gasteiger partial charge in [-0.25, -0.2) is 9.59 Å². The van der Waals surface area contributed by atoms with Gasteiger partial charge in [-0.2, -0.15) is 0 Å². The van der Waals surface area contributed by atoms with Gasteiger partial charge >= 0.3 is 12.1 Å². The second kappa shape index (κ2) is 7.19. The highest BCUT2D eigenvalue weighted by atomic mass is 16.5. The molecule has 0 heterocycles. The number of hydrogen-bond acceptors (Lipinski definition) is 3. The van der Waals surface area contributed by atoms with Crippen molar-refractivity contribution in [2.75, 3.05) is 11.9 Å². The van der Waals surface area contributed by atoms with E-state index < -0.39 is 12.1 Å². The molecule has 0 atom stereocenters. The lowest BCUT2D eigenvalue weighted by Gasteiger charge is -2.16. The first kappa shape index (κ1) is 17.8. The number of carboxylic acid groups (broad SMARTS) is 1. The fourth-order valence-corrected chi connectivity index (χ4v) is 3.75. The monoisotopic (exact) mass is 373 g/mol. The van der Waals surface area contributed by atoms with Gasteiger partial charge in [-0.1, -0.05) is 60.7 Å². The van der Waals surface area contributed by atoms with Crippen molar-refractivity contribution in [1.82, 2.24) is 0 Å². The Morgan fingerprint density at radius 3 is 2.14 bits per heavy atom. The average molecular weight is 373 g/mol. The molecule has 3 aromatic carbocycles. The Balaban J connectivity index is 1.53. The smallest absolute Gasteiger partial charge is 0.411 e. The lowest BCUT2D eigenvalue weighted by Crippen LogP contribution is -2.20. The molecule has 0 spiro atoms. The number of ether oxygens (including phenoxy) is 1. The SMILES string of the molecule is Cc1cccc(C(=O)O)c1NC(=O)OCC1c2ccccc2-c2ccccc21. The van der Waals surface area contributed by atoms with Crippen LogP contribution in [0, 0.1) is 6.92 Å². The van der Waals surface area contributed by atoms with Crippen molar-refractivity contribution in [3.05, 3.63) is 89.0 Å². The molecule has 0 unspecified atom stereocenters. The summed E-state index contributed by atoms with van der Waals surface area (Å²) in [7, 11) is 0. The minimum Gasteiger partial charge on any atom is -0.478 e. The quantitative estimate of drug-likeness (QED) is 0.671. The minimum atomic E-state index is -1.10. The number of carbonyl (C=O) groups excluding carboxylic acids is 1. The fourth-order valence-electron chi connectivity index (χ4n) is 3.75. The highest BCUT2D eigenvalue weighted by molar-refractivity contribution is 5.99. The van der Waals surface area contributed by atoms with E-state index >= 15 is 0 Å². The van der Waals surface area contributed by atoms with Gasteiger partial charge in [-0.05, 0) is 40.8 Å². The largest absolute Gasteiger partial charge is 0.478 e. The molecule has 2 N–H and O–H groups in total. The molecule has 1 amide bonds. The van der Waals surface area contributed by atoms with Gasteiger partial charge in [0.25, 0.3) is 0 Å². The van der Waals surface area contributed by atoms with Crippen LogP contribution in [0.3, 0.4) is 0 Å².